The Bertz CT molecular complexity index is 1550. The lowest BCUT2D eigenvalue weighted by Crippen LogP contribution is -2.27. The van der Waals surface area contributed by atoms with Gasteiger partial charge in [0, 0.05) is 19.5 Å². The average molecular weight is 634 g/mol. The minimum absolute atomic E-state index is 0.217. The summed E-state index contributed by atoms with van der Waals surface area (Å²) in [5.74, 6) is 0.186. The second-order valence-corrected chi connectivity index (χ2v) is 10.9. The molecule has 0 spiro atoms. The number of benzene rings is 4. The monoisotopic (exact) mass is 633 g/mol. The van der Waals surface area contributed by atoms with E-state index in [1.165, 1.54) is 26.4 Å². The summed E-state index contributed by atoms with van der Waals surface area (Å²) in [6.45, 7) is 2.55. The number of rotatable bonds is 15. The molecule has 0 atom stereocenters. The molecule has 0 aliphatic rings. The Kier molecular flexibility index (Phi) is 12.4. The third-order valence-corrected chi connectivity index (χ3v) is 7.68. The molecule has 0 aliphatic heterocycles. The smallest absolute Gasteiger partial charge is 0.416 e. The van der Waals surface area contributed by atoms with Crippen molar-refractivity contribution < 1.29 is 37.0 Å². The van der Waals surface area contributed by atoms with Crippen molar-refractivity contribution in [1.82, 2.24) is 4.90 Å². The minimum Gasteiger partial charge on any atom is -0.489 e. The Labute approximate surface area is 267 Å². The van der Waals surface area contributed by atoms with Crippen LogP contribution in [0.2, 0.25) is 0 Å². The zero-order valence-electron chi connectivity index (χ0n) is 26.0. The highest BCUT2D eigenvalue weighted by Gasteiger charge is 2.30. The molecule has 0 heterocycles. The zero-order chi connectivity index (χ0) is 32.9. The average Bonchev–Trinajstić information content (AvgIpc) is 3.08. The van der Waals surface area contributed by atoms with Crippen LogP contribution >= 0.6 is 0 Å². The van der Waals surface area contributed by atoms with Crippen LogP contribution in [0.1, 0.15) is 51.9 Å². The number of carbonyl (C=O) groups excluding carboxylic acids is 2. The van der Waals surface area contributed by atoms with Crippen LogP contribution < -0.4 is 4.74 Å². The van der Waals surface area contributed by atoms with Crippen molar-refractivity contribution in [3.63, 3.8) is 0 Å². The van der Waals surface area contributed by atoms with Gasteiger partial charge >= 0.3 is 18.1 Å². The van der Waals surface area contributed by atoms with Crippen molar-refractivity contribution in [3.8, 4) is 16.9 Å². The lowest BCUT2D eigenvalue weighted by Gasteiger charge is -2.23. The molecule has 0 saturated heterocycles. The van der Waals surface area contributed by atoms with Crippen LogP contribution in [0.15, 0.2) is 97.1 Å². The Morgan fingerprint density at radius 3 is 1.98 bits per heavy atom. The van der Waals surface area contributed by atoms with Crippen molar-refractivity contribution in [2.45, 2.75) is 45.0 Å². The second-order valence-electron chi connectivity index (χ2n) is 10.9. The molecule has 0 fully saturated rings. The number of para-hydroxylation sites is 1. The molecule has 4 aromatic carbocycles. The van der Waals surface area contributed by atoms with Gasteiger partial charge in [-0.3, -0.25) is 9.69 Å². The van der Waals surface area contributed by atoms with E-state index >= 15 is 0 Å². The second kappa shape index (κ2) is 16.6. The van der Waals surface area contributed by atoms with E-state index in [2.05, 4.69) is 4.90 Å². The molecule has 242 valence electrons. The summed E-state index contributed by atoms with van der Waals surface area (Å²) in [6.07, 6.45) is -1.70. The molecule has 6 nitrogen and oxygen atoms in total. The highest BCUT2D eigenvalue weighted by Crippen LogP contribution is 2.31. The van der Waals surface area contributed by atoms with Gasteiger partial charge in [-0.25, -0.2) is 4.79 Å². The topological polar surface area (TPSA) is 65.1 Å². The predicted octanol–water partition coefficient (Wildman–Crippen LogP) is 8.13. The summed E-state index contributed by atoms with van der Waals surface area (Å²) in [5, 5.41) is 0. The number of halogens is 3. The highest BCUT2D eigenvalue weighted by molar-refractivity contribution is 5.89. The Balaban J connectivity index is 1.37. The molecule has 0 radical (unpaired) electrons. The first-order valence-corrected chi connectivity index (χ1v) is 15.1. The highest BCUT2D eigenvalue weighted by atomic mass is 19.4. The van der Waals surface area contributed by atoms with Crippen LogP contribution in [0.5, 0.6) is 5.75 Å². The van der Waals surface area contributed by atoms with Crippen molar-refractivity contribution in [2.75, 3.05) is 27.3 Å². The maximum Gasteiger partial charge on any atom is 0.416 e. The van der Waals surface area contributed by atoms with Gasteiger partial charge in [0.25, 0.3) is 0 Å². The summed E-state index contributed by atoms with van der Waals surface area (Å²) in [5.41, 5.74) is 4.42. The first-order chi connectivity index (χ1) is 22.2. The number of hydrogen-bond acceptors (Lipinski definition) is 6. The van der Waals surface area contributed by atoms with E-state index in [0.717, 1.165) is 72.5 Å². The summed E-state index contributed by atoms with van der Waals surface area (Å²) in [4.78, 5) is 25.7. The van der Waals surface area contributed by atoms with Crippen LogP contribution in [-0.2, 0) is 40.0 Å². The van der Waals surface area contributed by atoms with Gasteiger partial charge in [-0.15, -0.1) is 0 Å². The normalized spacial score (nSPS) is 11.3. The summed E-state index contributed by atoms with van der Waals surface area (Å²) >= 11 is 0. The molecule has 0 saturated carbocycles. The Hall–Kier alpha value is -4.63. The lowest BCUT2D eigenvalue weighted by atomic mass is 10.0. The Morgan fingerprint density at radius 2 is 1.35 bits per heavy atom. The molecular weight excluding hydrogens is 595 g/mol. The van der Waals surface area contributed by atoms with Gasteiger partial charge in [-0.2, -0.15) is 13.2 Å². The molecule has 4 rings (SSSR count). The fourth-order valence-electron chi connectivity index (χ4n) is 5.03. The number of carbonyl (C=O) groups is 2. The van der Waals surface area contributed by atoms with Gasteiger partial charge in [0.15, 0.2) is 0 Å². The van der Waals surface area contributed by atoms with E-state index < -0.39 is 11.7 Å². The van der Waals surface area contributed by atoms with Gasteiger partial charge in [-0.1, -0.05) is 66.7 Å². The lowest BCUT2D eigenvalue weighted by molar-refractivity contribution is -0.140. The van der Waals surface area contributed by atoms with Crippen molar-refractivity contribution in [1.29, 1.82) is 0 Å². The summed E-state index contributed by atoms with van der Waals surface area (Å²) in [7, 11) is 2.75. The number of esters is 2. The molecule has 4 aromatic rings. The quantitative estimate of drug-likeness (QED) is 0.0973. The number of ether oxygens (including phenoxy) is 3. The van der Waals surface area contributed by atoms with E-state index in [1.807, 2.05) is 60.7 Å². The van der Waals surface area contributed by atoms with Crippen LogP contribution in [-0.4, -0.2) is 44.1 Å². The van der Waals surface area contributed by atoms with E-state index in [4.69, 9.17) is 14.2 Å². The maximum absolute atomic E-state index is 12.9. The van der Waals surface area contributed by atoms with E-state index in [0.29, 0.717) is 30.7 Å². The third-order valence-electron chi connectivity index (χ3n) is 7.68. The molecule has 0 N–H and O–H groups in total. The third kappa shape index (κ3) is 10.2. The summed E-state index contributed by atoms with van der Waals surface area (Å²) in [6, 6.07) is 28.0. The van der Waals surface area contributed by atoms with Gasteiger partial charge < -0.3 is 14.2 Å². The summed E-state index contributed by atoms with van der Waals surface area (Å²) < 4.78 is 54.5. The zero-order valence-corrected chi connectivity index (χ0v) is 26.0. The minimum atomic E-state index is -4.36. The predicted molar refractivity (Wildman–Crippen MR) is 170 cm³/mol. The SMILES string of the molecule is COC(=O)CCCCN(CCc1ccccc1OCc1ccc(-c2ccc(C(F)(F)F)cc2)cc1)Cc1ccc(C(=O)OC)cc1. The molecule has 0 unspecified atom stereocenters. The molecule has 0 amide bonds. The van der Waals surface area contributed by atoms with Crippen LogP contribution in [0.25, 0.3) is 11.1 Å². The number of unbranched alkanes of at least 4 members (excludes halogenated alkanes) is 1. The standard InChI is InChI=1S/C37H38F3NO5/c1-44-35(42)9-5-6-23-41(25-27-10-16-32(17-11-27)36(43)45-2)24-22-31-7-3-4-8-34(31)46-26-28-12-14-29(15-13-28)30-18-20-33(21-19-30)37(38,39)40/h3-4,7-8,10-21H,5-6,9,22-26H2,1-2H3. The molecular formula is C37H38F3NO5. The first-order valence-electron chi connectivity index (χ1n) is 15.1. The fourth-order valence-corrected chi connectivity index (χ4v) is 5.03. The molecule has 46 heavy (non-hydrogen) atoms. The van der Waals surface area contributed by atoms with Crippen molar-refractivity contribution >= 4 is 11.9 Å². The van der Waals surface area contributed by atoms with Gasteiger partial charge in [0.1, 0.15) is 12.4 Å². The van der Waals surface area contributed by atoms with Gasteiger partial charge in [0.2, 0.25) is 0 Å². The van der Waals surface area contributed by atoms with Crippen molar-refractivity contribution in [2.24, 2.45) is 0 Å². The first kappa shape index (κ1) is 34.2. The van der Waals surface area contributed by atoms with Crippen molar-refractivity contribution in [3.05, 3.63) is 125 Å². The maximum atomic E-state index is 12.9. The number of alkyl halides is 3. The largest absolute Gasteiger partial charge is 0.489 e. The van der Waals surface area contributed by atoms with Crippen LogP contribution in [0.3, 0.4) is 0 Å². The molecule has 0 bridgehead atoms. The number of nitrogens with zero attached hydrogens (tertiary/aromatic N) is 1. The van der Waals surface area contributed by atoms with Crippen LogP contribution in [0.4, 0.5) is 13.2 Å². The van der Waals surface area contributed by atoms with Gasteiger partial charge in [-0.05, 0) is 84.0 Å². The van der Waals surface area contributed by atoms with Crippen LogP contribution in [0, 0.1) is 0 Å². The van der Waals surface area contributed by atoms with E-state index in [-0.39, 0.29) is 11.9 Å². The Morgan fingerprint density at radius 1 is 0.717 bits per heavy atom. The number of methoxy groups -OCH3 is 2. The van der Waals surface area contributed by atoms with E-state index in [9.17, 15) is 22.8 Å². The fraction of sp³-hybridized carbons (Fsp3) is 0.297. The molecule has 9 heteroatoms. The van der Waals surface area contributed by atoms with Gasteiger partial charge in [0.05, 0.1) is 25.3 Å². The number of hydrogen-bond donors (Lipinski definition) is 0. The van der Waals surface area contributed by atoms with E-state index in [1.54, 1.807) is 12.1 Å². The molecule has 0 aliphatic carbocycles. The molecule has 0 aromatic heterocycles.